The van der Waals surface area contributed by atoms with E-state index in [4.69, 9.17) is 34.6 Å². The van der Waals surface area contributed by atoms with Crippen molar-refractivity contribution in [2.45, 2.75) is 80.4 Å². The SMILES string of the molecule is CC(C)(C)[S-].CC(C)(C)[S-].O=S(=O)([O-])c1cccc(P(c2cccc(S(=O)(=O)[O-])c2)c2cccc(S(=O)(=O)[O-])c2)c1.O=S(=O)([O-])c1cccc(P(c2cccc(S(=O)(=O)[O-])c2)c2cccc(S(=O)(=O)[O-])c2)c1.[C-]#[O+].[C-]#[O+].[Na+].[Na+].[Na+].[Na+].[Na+].[Na+].[Rh].[Rh]. The predicted molar refractivity (Wildman–Crippen MR) is 280 cm³/mol. The summed E-state index contributed by atoms with van der Waals surface area (Å²) in [5.74, 6) is 0. The minimum Gasteiger partial charge on any atom is 0 e. The van der Waals surface area contributed by atoms with Crippen molar-refractivity contribution in [3.63, 3.8) is 0 Å². The van der Waals surface area contributed by atoms with Crippen molar-refractivity contribution in [2.24, 2.45) is 0 Å². The third-order valence-corrected chi connectivity index (χ3v) is 17.9. The molecule has 0 unspecified atom stereocenters. The Kier molecular flexibility index (Phi) is 55.8. The zero-order valence-corrected chi connectivity index (χ0v) is 70.4. The van der Waals surface area contributed by atoms with Crippen LogP contribution in [-0.2, 0) is 134 Å². The van der Waals surface area contributed by atoms with Gasteiger partial charge in [0.15, 0.2) is 0 Å². The molecule has 0 heterocycles. The molecule has 0 aliphatic rings. The third kappa shape index (κ3) is 39.7. The fourth-order valence-electron chi connectivity index (χ4n) is 5.56. The van der Waals surface area contributed by atoms with Crippen LogP contribution in [-0.4, -0.2) is 87.3 Å². The molecule has 0 atom stereocenters. The summed E-state index contributed by atoms with van der Waals surface area (Å²) in [7, 11) is -32.6. The van der Waals surface area contributed by atoms with Gasteiger partial charge in [0.1, 0.15) is 60.7 Å². The third-order valence-electron chi connectivity index (χ3n) is 8.19. The molecule has 6 aromatic carbocycles. The second-order valence-corrected chi connectivity index (χ2v) is 31.8. The Balaban J connectivity index is -0.000000174. The largest absolute Gasteiger partial charge is 1.00 e. The maximum Gasteiger partial charge on any atom is 1.00 e. The normalized spacial score (nSPS) is 10.9. The molecule has 0 N–H and O–H groups in total. The Morgan fingerprint density at radius 3 is 0.488 bits per heavy atom. The monoisotopic (exact) mass is 1580 g/mol. The van der Waals surface area contributed by atoms with Gasteiger partial charge < -0.3 is 52.6 Å². The summed E-state index contributed by atoms with van der Waals surface area (Å²) in [6.07, 6.45) is 0. The molecule has 20 nitrogen and oxygen atoms in total. The summed E-state index contributed by atoms with van der Waals surface area (Å²) in [5.41, 5.74) is 0. The summed E-state index contributed by atoms with van der Waals surface area (Å²) in [6, 6.07) is 29.6. The van der Waals surface area contributed by atoms with Crippen LogP contribution in [0, 0.1) is 13.3 Å². The maximum atomic E-state index is 11.5. The Hall–Kier alpha value is 3.07. The minimum atomic E-state index is -4.82. The van der Waals surface area contributed by atoms with Gasteiger partial charge in [-0.3, -0.25) is 0 Å². The molecule has 0 saturated carbocycles. The van der Waals surface area contributed by atoms with E-state index in [9.17, 15) is 77.8 Å². The first-order chi connectivity index (χ1) is 34.5. The summed E-state index contributed by atoms with van der Waals surface area (Å²) in [5, 5.41) is 1.54. The molecule has 0 saturated heterocycles. The first kappa shape index (κ1) is 103. The van der Waals surface area contributed by atoms with Crippen molar-refractivity contribution in [1.29, 1.82) is 0 Å². The molecule has 0 amide bonds. The molecular weight excluding hydrogens is 1530 g/mol. The van der Waals surface area contributed by atoms with E-state index in [0.717, 1.165) is 72.8 Å². The Bertz CT molecular complexity index is 3140. The van der Waals surface area contributed by atoms with Crippen molar-refractivity contribution in [1.82, 2.24) is 0 Å². The van der Waals surface area contributed by atoms with E-state index >= 15 is 0 Å². The quantitative estimate of drug-likeness (QED) is 0.0274. The number of benzene rings is 6. The van der Waals surface area contributed by atoms with Gasteiger partial charge in [0, 0.05) is 39.0 Å². The van der Waals surface area contributed by atoms with Crippen LogP contribution in [0.5, 0.6) is 0 Å². The number of rotatable bonds is 12. The zero-order valence-electron chi connectivity index (χ0n) is 46.8. The summed E-state index contributed by atoms with van der Waals surface area (Å²) in [6.45, 7) is 21.0. The van der Waals surface area contributed by atoms with E-state index in [2.05, 4.69) is 13.3 Å². The van der Waals surface area contributed by atoms with Gasteiger partial charge in [0.05, 0.1) is 29.4 Å². The van der Waals surface area contributed by atoms with E-state index in [1.54, 1.807) is 0 Å². The van der Waals surface area contributed by atoms with E-state index in [1.807, 2.05) is 41.5 Å². The van der Waals surface area contributed by atoms with Crippen molar-refractivity contribution >= 4 is 134 Å². The second-order valence-electron chi connectivity index (χ2n) is 16.6. The van der Waals surface area contributed by atoms with Crippen LogP contribution in [0.4, 0.5) is 0 Å². The van der Waals surface area contributed by atoms with Crippen molar-refractivity contribution < 1.29 is 303 Å². The van der Waals surface area contributed by atoms with Crippen molar-refractivity contribution in [3.05, 3.63) is 159 Å². The number of hydrogen-bond acceptors (Lipinski definition) is 20. The van der Waals surface area contributed by atoms with Crippen LogP contribution in [0.2, 0.25) is 0 Å². The average molecular weight is 1580 g/mol. The van der Waals surface area contributed by atoms with Crippen LogP contribution >= 0.6 is 15.8 Å². The molecule has 6 rings (SSSR count). The Morgan fingerprint density at radius 2 is 0.405 bits per heavy atom. The molecule has 84 heavy (non-hydrogen) atoms. The van der Waals surface area contributed by atoms with Gasteiger partial charge in [0.2, 0.25) is 0 Å². The molecule has 0 fully saturated rings. The summed E-state index contributed by atoms with van der Waals surface area (Å²) < 4.78 is 221. The van der Waals surface area contributed by atoms with Crippen LogP contribution < -0.4 is 209 Å². The van der Waals surface area contributed by atoms with E-state index in [0.29, 0.717) is 0 Å². The maximum absolute atomic E-state index is 11.5. The van der Waals surface area contributed by atoms with Crippen LogP contribution in [0.15, 0.2) is 175 Å². The average Bonchev–Trinajstić information content (AvgIpc) is 3.29. The van der Waals surface area contributed by atoms with Gasteiger partial charge in [-0.25, -0.2) is 50.5 Å². The van der Waals surface area contributed by atoms with E-state index < -0.39 is 106 Å². The summed E-state index contributed by atoms with van der Waals surface area (Å²) >= 11 is 9.65. The molecule has 2 radical (unpaired) electrons. The molecule has 430 valence electrons. The molecule has 0 bridgehead atoms. The minimum absolute atomic E-state index is 0. The Morgan fingerprint density at radius 1 is 0.310 bits per heavy atom. The van der Waals surface area contributed by atoms with Gasteiger partial charge in [-0.05, 0) is 120 Å². The van der Waals surface area contributed by atoms with Gasteiger partial charge in [0.25, 0.3) is 0 Å². The van der Waals surface area contributed by atoms with E-state index in [1.165, 1.54) is 72.8 Å². The zero-order chi connectivity index (χ0) is 59.1. The second kappa shape index (κ2) is 45.4. The van der Waals surface area contributed by atoms with Crippen molar-refractivity contribution in [3.8, 4) is 0 Å². The summed E-state index contributed by atoms with van der Waals surface area (Å²) in [4.78, 5) is -3.26. The predicted octanol–water partition coefficient (Wildman–Crippen LogP) is -15.1. The molecule has 38 heteroatoms. The molecule has 0 aliphatic heterocycles. The van der Waals surface area contributed by atoms with Crippen molar-refractivity contribution in [2.75, 3.05) is 0 Å². The van der Waals surface area contributed by atoms with Crippen LogP contribution in [0.1, 0.15) is 41.5 Å². The fraction of sp³-hybridized carbons (Fsp3) is 0.174. The van der Waals surface area contributed by atoms with Gasteiger partial charge in [-0.2, -0.15) is 9.49 Å². The van der Waals surface area contributed by atoms with Crippen LogP contribution in [0.3, 0.4) is 0 Å². The number of hydrogen-bond donors (Lipinski definition) is 0. The van der Waals surface area contributed by atoms with E-state index in [-0.39, 0.29) is 258 Å². The molecule has 6 aromatic rings. The molecule has 0 aliphatic carbocycles. The Labute approximate surface area is 664 Å². The molecular formula is C46H42Na6O20P2Rh2S8-2. The standard InChI is InChI=1S/2C18H15O9PS3.2C4H10S.2CO.6Na.2Rh/c2*19-29(20,21)16-7-1-4-13(10-16)28(14-5-2-8-17(11-14)30(22,23)24)15-6-3-9-18(12-15)31(25,26)27;2*1-4(2,3)5;2*1-2;;;;;;;;/h2*1-12H,(H,19,20,21)(H,22,23,24)(H,25,26,27);2*5H,1-3H3;;;;;;;;;;/q;;;;;;6*+1;;/p-8. The topological polar surface area (TPSA) is 383 Å². The fourth-order valence-corrected chi connectivity index (χ4v) is 14.0. The van der Waals surface area contributed by atoms with Gasteiger partial charge in [-0.1, -0.05) is 114 Å². The first-order valence-corrected chi connectivity index (χ1v) is 32.3. The first-order valence-electron chi connectivity index (χ1n) is 20.3. The van der Waals surface area contributed by atoms with Gasteiger partial charge >= 0.3 is 200 Å². The smallest absolute Gasteiger partial charge is 0 e. The molecule has 0 spiro atoms. The van der Waals surface area contributed by atoms with Gasteiger partial charge in [-0.15, -0.1) is 0 Å². The van der Waals surface area contributed by atoms with Crippen LogP contribution in [0.25, 0.3) is 0 Å². The molecule has 0 aromatic heterocycles.